The van der Waals surface area contributed by atoms with Crippen molar-refractivity contribution in [1.82, 2.24) is 0 Å². The first-order chi connectivity index (χ1) is 16.1. The Bertz CT molecular complexity index is 951. The third-order valence-corrected chi connectivity index (χ3v) is 5.98. The molecule has 35 heavy (non-hydrogen) atoms. The Hall–Kier alpha value is -1.21. The highest BCUT2D eigenvalue weighted by Gasteiger charge is 2.49. The van der Waals surface area contributed by atoms with Crippen LogP contribution in [0.2, 0.25) is 0 Å². The van der Waals surface area contributed by atoms with Gasteiger partial charge in [-0.05, 0) is 0 Å². The lowest BCUT2D eigenvalue weighted by molar-refractivity contribution is -0.345. The molecule has 0 spiro atoms. The van der Waals surface area contributed by atoms with Gasteiger partial charge in [0.15, 0.2) is 6.29 Å². The molecule has 2 rings (SSSR count). The maximum Gasteiger partial charge on any atom is 0.218 e. The summed E-state index contributed by atoms with van der Waals surface area (Å²) in [5, 5.41) is 22.6. The summed E-state index contributed by atoms with van der Waals surface area (Å²) in [5.74, 6) is -3.61. The molecule has 0 radical (unpaired) electrons. The zero-order valence-electron chi connectivity index (χ0n) is 17.3. The Kier molecular flexibility index (Phi) is 10.6. The van der Waals surface area contributed by atoms with E-state index in [4.69, 9.17) is 23.1 Å². The van der Waals surface area contributed by atoms with E-state index in [-0.39, 0.29) is 0 Å². The Morgan fingerprint density at radius 1 is 1.00 bits per heavy atom. The van der Waals surface area contributed by atoms with Gasteiger partial charge in [0, 0.05) is 25.9 Å². The quantitative estimate of drug-likeness (QED) is 0.120. The molecule has 18 nitrogen and oxygen atoms in total. The molecule has 2 saturated heterocycles. The van der Waals surface area contributed by atoms with E-state index in [1.54, 1.807) is 0 Å². The Labute approximate surface area is 202 Å². The van der Waals surface area contributed by atoms with E-state index >= 15 is 0 Å². The van der Waals surface area contributed by atoms with Gasteiger partial charge in [-0.3, -0.25) is 8.37 Å². The maximum atomic E-state index is 11.6. The number of hydrogen-bond acceptors (Lipinski definition) is 19. The van der Waals surface area contributed by atoms with Crippen LogP contribution in [0.5, 0.6) is 0 Å². The van der Waals surface area contributed by atoms with Crippen LogP contribution in [-0.2, 0) is 61.9 Å². The molecule has 0 bridgehead atoms. The van der Waals surface area contributed by atoms with Gasteiger partial charge in [0.05, 0.1) is 18.7 Å². The number of rotatable bonds is 12. The van der Waals surface area contributed by atoms with Crippen LogP contribution in [0.1, 0.15) is 12.8 Å². The van der Waals surface area contributed by atoms with Crippen molar-refractivity contribution >= 4 is 45.1 Å². The standard InChI is InChI=1S/C14H22O18S3/c1-26-9-7(32-35(23,24)25)4-27-12(13(17)18)11(9)29-14-10(30-33-19)6(31-34(20,21)22)2-5(28-14)3-8(15)16/h5-7,9-12,14,19H,2-4H2,1H3,(H,15,16)(H,17,18)(H,20,21,22)(H,23,24,25)/p-5. The highest BCUT2D eigenvalue weighted by Crippen LogP contribution is 2.33. The first-order valence-electron chi connectivity index (χ1n) is 9.24. The summed E-state index contributed by atoms with van der Waals surface area (Å²) in [6.45, 7) is -0.798. The lowest BCUT2D eigenvalue weighted by Gasteiger charge is -2.46. The summed E-state index contributed by atoms with van der Waals surface area (Å²) in [6, 6.07) is 0. The number of aliphatic carboxylic acids is 2. The van der Waals surface area contributed by atoms with Crippen LogP contribution in [0.3, 0.4) is 0 Å². The molecule has 0 aliphatic carbocycles. The summed E-state index contributed by atoms with van der Waals surface area (Å²) in [5.41, 5.74) is 0. The fourth-order valence-electron chi connectivity index (χ4n) is 3.51. The molecule has 204 valence electrons. The molecule has 8 atom stereocenters. The largest absolute Gasteiger partial charge is 0.776 e. The smallest absolute Gasteiger partial charge is 0.218 e. The Morgan fingerprint density at radius 2 is 1.60 bits per heavy atom. The number of hydrogen-bond donors (Lipinski definition) is 0. The van der Waals surface area contributed by atoms with Crippen LogP contribution < -0.4 is 10.2 Å². The zero-order chi connectivity index (χ0) is 26.6. The zero-order valence-corrected chi connectivity index (χ0v) is 19.8. The number of carbonyl (C=O) groups is 2. The van der Waals surface area contributed by atoms with Crippen molar-refractivity contribution in [3.63, 3.8) is 0 Å². The average molecular weight is 569 g/mol. The summed E-state index contributed by atoms with van der Waals surface area (Å²) >= 11 is -0.611. The summed E-state index contributed by atoms with van der Waals surface area (Å²) in [7, 11) is -9.85. The van der Waals surface area contributed by atoms with Crippen LogP contribution in [-0.4, -0.2) is 105 Å². The van der Waals surface area contributed by atoms with Crippen LogP contribution in [0.15, 0.2) is 0 Å². The Balaban J connectivity index is 2.43. The van der Waals surface area contributed by atoms with Gasteiger partial charge in [-0.2, -0.15) is 0 Å². The molecule has 0 aromatic carbocycles. The van der Waals surface area contributed by atoms with Gasteiger partial charge >= 0.3 is 0 Å². The molecular weight excluding hydrogens is 552 g/mol. The third-order valence-electron chi connectivity index (χ3n) is 4.71. The highest BCUT2D eigenvalue weighted by atomic mass is 32.3. The minimum Gasteiger partial charge on any atom is -0.776 e. The van der Waals surface area contributed by atoms with Crippen LogP contribution in [0, 0.1) is 0 Å². The minimum absolute atomic E-state index is 0.611. The van der Waals surface area contributed by atoms with E-state index in [0.717, 1.165) is 7.11 Å². The molecule has 21 heteroatoms. The molecule has 2 fully saturated rings. The van der Waals surface area contributed by atoms with Crippen molar-refractivity contribution in [1.29, 1.82) is 0 Å². The molecule has 2 aliphatic rings. The molecule has 8 unspecified atom stereocenters. The van der Waals surface area contributed by atoms with E-state index in [1.807, 2.05) is 0 Å². The molecule has 0 aromatic rings. The molecular formula is C14H17O18S3-5. The second-order valence-corrected chi connectivity index (χ2v) is 9.37. The molecule has 0 amide bonds. The lowest BCUT2D eigenvalue weighted by Crippen LogP contribution is -2.63. The third kappa shape index (κ3) is 8.99. The predicted molar refractivity (Wildman–Crippen MR) is 95.7 cm³/mol. The van der Waals surface area contributed by atoms with Crippen molar-refractivity contribution in [2.24, 2.45) is 0 Å². The van der Waals surface area contributed by atoms with Gasteiger partial charge in [0.1, 0.15) is 36.6 Å². The van der Waals surface area contributed by atoms with Crippen molar-refractivity contribution in [2.45, 2.75) is 61.9 Å². The molecule has 2 aliphatic heterocycles. The second-order valence-electron chi connectivity index (χ2n) is 7.03. The van der Waals surface area contributed by atoms with Gasteiger partial charge in [-0.15, -0.1) is 12.3 Å². The number of methoxy groups -OCH3 is 1. The lowest BCUT2D eigenvalue weighted by atomic mass is 9.98. The second kappa shape index (κ2) is 12.4. The van der Waals surface area contributed by atoms with Crippen molar-refractivity contribution in [3.05, 3.63) is 0 Å². The fourth-order valence-corrected chi connectivity index (χ4v) is 4.78. The number of carboxylic acid groups (broad SMARTS) is 2. The van der Waals surface area contributed by atoms with Crippen molar-refractivity contribution < 1.29 is 81.8 Å². The van der Waals surface area contributed by atoms with Gasteiger partial charge < -0.3 is 56.6 Å². The fraction of sp³-hybridized carbons (Fsp3) is 0.857. The molecule has 2 heterocycles. The monoisotopic (exact) mass is 569 g/mol. The molecule has 0 aromatic heterocycles. The van der Waals surface area contributed by atoms with Crippen LogP contribution in [0.25, 0.3) is 0 Å². The van der Waals surface area contributed by atoms with Crippen LogP contribution in [0.4, 0.5) is 0 Å². The van der Waals surface area contributed by atoms with E-state index in [1.165, 1.54) is 0 Å². The van der Waals surface area contributed by atoms with Gasteiger partial charge in [0.25, 0.3) is 0 Å². The van der Waals surface area contributed by atoms with Gasteiger partial charge in [0.2, 0.25) is 20.8 Å². The van der Waals surface area contributed by atoms with Gasteiger partial charge in [-0.25, -0.2) is 16.8 Å². The number of carbonyl (C=O) groups excluding carboxylic acids is 2. The highest BCUT2D eigenvalue weighted by molar-refractivity contribution is 7.88. The van der Waals surface area contributed by atoms with Crippen molar-refractivity contribution in [3.8, 4) is 0 Å². The Morgan fingerprint density at radius 3 is 2.09 bits per heavy atom. The first kappa shape index (κ1) is 30.0. The number of carboxylic acids is 2. The van der Waals surface area contributed by atoms with E-state index in [0.29, 0.717) is 0 Å². The summed E-state index contributed by atoms with van der Waals surface area (Å²) in [4.78, 5) is 22.6. The topological polar surface area (TPSA) is 282 Å². The summed E-state index contributed by atoms with van der Waals surface area (Å²) in [6.07, 6.45) is -16.2. The molecule has 0 saturated carbocycles. The van der Waals surface area contributed by atoms with E-state index in [9.17, 15) is 50.3 Å². The minimum atomic E-state index is -5.44. The van der Waals surface area contributed by atoms with Crippen LogP contribution >= 0.6 is 12.3 Å². The van der Waals surface area contributed by atoms with E-state index < -0.39 is 114 Å². The maximum absolute atomic E-state index is 11.6. The first-order valence-corrected chi connectivity index (χ1v) is 12.6. The van der Waals surface area contributed by atoms with E-state index in [2.05, 4.69) is 8.37 Å². The average Bonchev–Trinajstić information content (AvgIpc) is 2.67. The number of ether oxygens (including phenoxy) is 4. The normalized spacial score (nSPS) is 34.4. The van der Waals surface area contributed by atoms with Gasteiger partial charge in [-0.1, -0.05) is 0 Å². The SMILES string of the molecule is COC1C(OS(=O)(=O)[O-])COC(C(=O)[O-])C1OC1OC(CC(=O)[O-])CC(OS(=O)(=O)[O-])C1OS[O-]. The van der Waals surface area contributed by atoms with Crippen molar-refractivity contribution in [2.75, 3.05) is 13.7 Å². The molecule has 0 N–H and O–H groups in total. The summed E-state index contributed by atoms with van der Waals surface area (Å²) < 4.78 is 112. The predicted octanol–water partition coefficient (Wildman–Crippen LogP) is -5.36.